The summed E-state index contributed by atoms with van der Waals surface area (Å²) in [6.07, 6.45) is 0. The van der Waals surface area contributed by atoms with Crippen LogP contribution in [0, 0.1) is 13.8 Å². The SMILES string of the molecule is Cc1cc2c(-c3cccc4ccccc34)cccc2[cH-]1.Cc1cc2c(-c3cccc4ccccc34)cccc2[cH-]1.[Cl-].[Cl-].[Zr+2]=[C](c1ccccc1)c1ccccc1. The minimum atomic E-state index is 0. The van der Waals surface area contributed by atoms with E-state index in [1.165, 1.54) is 115 Å². The summed E-state index contributed by atoms with van der Waals surface area (Å²) in [5.74, 6) is 0. The topological polar surface area (TPSA) is 0 Å². The molecule has 0 saturated heterocycles. The zero-order valence-electron chi connectivity index (χ0n) is 31.4. The van der Waals surface area contributed by atoms with Crippen LogP contribution >= 0.6 is 0 Å². The van der Waals surface area contributed by atoms with Crippen molar-refractivity contribution in [3.63, 3.8) is 0 Å². The Hall–Kier alpha value is -5.17. The second kappa shape index (κ2) is 18.6. The summed E-state index contributed by atoms with van der Waals surface area (Å²) in [4.78, 5) is 0. The molecule has 56 heavy (non-hydrogen) atoms. The van der Waals surface area contributed by atoms with Crippen molar-refractivity contribution in [1.82, 2.24) is 0 Å². The molecule has 10 aromatic carbocycles. The van der Waals surface area contributed by atoms with Gasteiger partial charge in [-0.05, 0) is 32.7 Å². The number of fused-ring (bicyclic) bond motifs is 4. The van der Waals surface area contributed by atoms with Crippen LogP contribution in [0.4, 0.5) is 0 Å². The first-order valence-electron chi connectivity index (χ1n) is 18.5. The summed E-state index contributed by atoms with van der Waals surface area (Å²) in [7, 11) is 0. The number of hydrogen-bond donors (Lipinski definition) is 0. The van der Waals surface area contributed by atoms with Crippen LogP contribution in [-0.4, -0.2) is 3.21 Å². The number of halogens is 2. The van der Waals surface area contributed by atoms with Gasteiger partial charge in [-0.3, -0.25) is 0 Å². The van der Waals surface area contributed by atoms with Gasteiger partial charge in [-0.2, -0.15) is 12.1 Å². The summed E-state index contributed by atoms with van der Waals surface area (Å²) in [6, 6.07) is 73.6. The van der Waals surface area contributed by atoms with E-state index in [9.17, 15) is 0 Å². The molecule has 10 rings (SSSR count). The number of rotatable bonds is 4. The molecule has 272 valence electrons. The predicted molar refractivity (Wildman–Crippen MR) is 231 cm³/mol. The van der Waals surface area contributed by atoms with E-state index in [0.717, 1.165) is 0 Å². The van der Waals surface area contributed by atoms with E-state index < -0.39 is 0 Å². The molecular formula is C53H40Cl2Zr-2. The van der Waals surface area contributed by atoms with Crippen molar-refractivity contribution in [3.8, 4) is 22.3 Å². The van der Waals surface area contributed by atoms with Crippen LogP contribution in [-0.2, 0) is 24.2 Å². The van der Waals surface area contributed by atoms with Crippen LogP contribution in [0.2, 0.25) is 0 Å². The quantitative estimate of drug-likeness (QED) is 0.157. The van der Waals surface area contributed by atoms with Crippen LogP contribution in [0.15, 0.2) is 206 Å². The zero-order valence-corrected chi connectivity index (χ0v) is 35.4. The van der Waals surface area contributed by atoms with Gasteiger partial charge in [0.25, 0.3) is 0 Å². The molecule has 0 bridgehead atoms. The number of aryl methyl sites for hydroxylation is 2. The van der Waals surface area contributed by atoms with Gasteiger partial charge in [0, 0.05) is 0 Å². The molecule has 0 saturated carbocycles. The third kappa shape index (κ3) is 8.78. The summed E-state index contributed by atoms with van der Waals surface area (Å²) < 4.78 is 1.42. The third-order valence-electron chi connectivity index (χ3n) is 10.1. The molecule has 0 heterocycles. The van der Waals surface area contributed by atoms with Gasteiger partial charge in [-0.15, -0.1) is 69.1 Å². The van der Waals surface area contributed by atoms with Crippen LogP contribution in [0.5, 0.6) is 0 Å². The van der Waals surface area contributed by atoms with Crippen LogP contribution in [0.25, 0.3) is 65.3 Å². The fraction of sp³-hybridized carbons (Fsp3) is 0.0377. The van der Waals surface area contributed by atoms with Crippen molar-refractivity contribution in [2.45, 2.75) is 13.8 Å². The predicted octanol–water partition coefficient (Wildman–Crippen LogP) is 8.18. The van der Waals surface area contributed by atoms with Crippen molar-refractivity contribution >= 4 is 46.3 Å². The van der Waals surface area contributed by atoms with Gasteiger partial charge in [0.1, 0.15) is 0 Å². The Morgan fingerprint density at radius 3 is 1.09 bits per heavy atom. The molecule has 0 N–H and O–H groups in total. The van der Waals surface area contributed by atoms with E-state index >= 15 is 0 Å². The van der Waals surface area contributed by atoms with Crippen LogP contribution in [0.1, 0.15) is 22.3 Å². The van der Waals surface area contributed by atoms with Crippen molar-refractivity contribution in [2.75, 3.05) is 0 Å². The molecule has 0 nitrogen and oxygen atoms in total. The van der Waals surface area contributed by atoms with E-state index in [1.54, 1.807) is 0 Å². The first-order chi connectivity index (χ1) is 26.5. The Morgan fingerprint density at radius 1 is 0.357 bits per heavy atom. The average molecular weight is 839 g/mol. The first-order valence-corrected chi connectivity index (χ1v) is 19.7. The Balaban J connectivity index is 0.000000142. The minimum absolute atomic E-state index is 0. The summed E-state index contributed by atoms with van der Waals surface area (Å²) in [6.45, 7) is 4.32. The molecule has 0 amide bonds. The summed E-state index contributed by atoms with van der Waals surface area (Å²) in [5, 5.41) is 10.6. The molecule has 0 radical (unpaired) electrons. The molecule has 0 unspecified atom stereocenters. The fourth-order valence-electron chi connectivity index (χ4n) is 7.54. The van der Waals surface area contributed by atoms with Crippen LogP contribution in [0.3, 0.4) is 0 Å². The monoisotopic (exact) mass is 836 g/mol. The number of benzene rings is 8. The standard InChI is InChI=1S/2C20H15.C13H10.2ClH.Zr/c2*1-14-12-16-8-5-11-19(20(16)13-14)18-10-4-7-15-6-2-3-9-17(15)18;1-3-7-12(8-4-1)11-13-9-5-2-6-10-13;;;/h2*2-13H,1H3;1-10H;2*1H;/q2*-1;;;;+2/p-2. The van der Waals surface area contributed by atoms with Gasteiger partial charge in [0.15, 0.2) is 0 Å². The molecule has 0 aliphatic heterocycles. The molecule has 10 aromatic rings. The molecular weight excluding hydrogens is 799 g/mol. The van der Waals surface area contributed by atoms with Crippen LogP contribution < -0.4 is 24.8 Å². The van der Waals surface area contributed by atoms with E-state index in [2.05, 4.69) is 220 Å². The van der Waals surface area contributed by atoms with E-state index in [1.807, 2.05) is 0 Å². The maximum atomic E-state index is 2.28. The normalized spacial score (nSPS) is 10.5. The maximum absolute atomic E-state index is 2.28. The van der Waals surface area contributed by atoms with Gasteiger partial charge in [0.05, 0.1) is 0 Å². The first kappa shape index (κ1) is 40.5. The van der Waals surface area contributed by atoms with Gasteiger partial charge >= 0.3 is 99.2 Å². The van der Waals surface area contributed by atoms with Gasteiger partial charge in [-0.25, -0.2) is 0 Å². The van der Waals surface area contributed by atoms with Crippen molar-refractivity contribution in [3.05, 3.63) is 229 Å². The second-order valence-corrected chi connectivity index (χ2v) is 15.1. The average Bonchev–Trinajstić information content (AvgIpc) is 3.82. The Labute approximate surface area is 357 Å². The fourth-order valence-corrected chi connectivity index (χ4v) is 8.36. The Morgan fingerprint density at radius 2 is 0.679 bits per heavy atom. The summed E-state index contributed by atoms with van der Waals surface area (Å²) in [5.41, 5.74) is 10.6. The molecule has 3 heteroatoms. The van der Waals surface area contributed by atoms with Gasteiger partial charge in [-0.1, -0.05) is 122 Å². The Kier molecular flexibility index (Phi) is 13.5. The molecule has 0 aliphatic rings. The molecule has 0 aromatic heterocycles. The number of hydrogen-bond acceptors (Lipinski definition) is 0. The Bertz CT molecular complexity index is 2660. The van der Waals surface area contributed by atoms with E-state index in [0.29, 0.717) is 0 Å². The summed E-state index contributed by atoms with van der Waals surface area (Å²) >= 11 is 1.46. The molecule has 0 spiro atoms. The molecule has 0 atom stereocenters. The van der Waals surface area contributed by atoms with Gasteiger partial charge in [0.2, 0.25) is 0 Å². The third-order valence-corrected chi connectivity index (χ3v) is 11.5. The zero-order chi connectivity index (χ0) is 36.9. The second-order valence-electron chi connectivity index (χ2n) is 13.8. The van der Waals surface area contributed by atoms with E-state index in [4.69, 9.17) is 0 Å². The van der Waals surface area contributed by atoms with E-state index in [-0.39, 0.29) is 24.8 Å². The van der Waals surface area contributed by atoms with Gasteiger partial charge < -0.3 is 24.8 Å². The molecule has 0 fully saturated rings. The van der Waals surface area contributed by atoms with Crippen molar-refractivity contribution in [1.29, 1.82) is 0 Å². The van der Waals surface area contributed by atoms with Crippen molar-refractivity contribution in [2.24, 2.45) is 0 Å². The van der Waals surface area contributed by atoms with Crippen molar-refractivity contribution < 1.29 is 49.0 Å². The molecule has 0 aliphatic carbocycles.